The summed E-state index contributed by atoms with van der Waals surface area (Å²) in [5, 5.41) is 7.19. The summed E-state index contributed by atoms with van der Waals surface area (Å²) in [6.07, 6.45) is 2.00. The Morgan fingerprint density at radius 3 is 1.88 bits per heavy atom. The predicted octanol–water partition coefficient (Wildman–Crippen LogP) is 12.4. The molecule has 0 atom stereocenters. The Bertz CT molecular complexity index is 3120. The SMILES string of the molecule is c1ccc(-c2cc(-c3ccccc3)c3nc(-n4c5ccccc5c5ccc6c(sc7c6c6ccccc6n7-c6ccccc6)c54)ncc3c2)cc1. The van der Waals surface area contributed by atoms with Crippen molar-refractivity contribution in [3.05, 3.63) is 170 Å². The van der Waals surface area contributed by atoms with Crippen molar-refractivity contribution in [1.82, 2.24) is 19.1 Å². The summed E-state index contributed by atoms with van der Waals surface area (Å²) < 4.78 is 5.93. The maximum Gasteiger partial charge on any atom is 0.235 e. The van der Waals surface area contributed by atoms with Crippen LogP contribution in [-0.4, -0.2) is 19.1 Å². The van der Waals surface area contributed by atoms with Crippen LogP contribution in [0.25, 0.3) is 97.8 Å². The lowest BCUT2D eigenvalue weighted by atomic mass is 9.96. The minimum atomic E-state index is 0.666. The number of rotatable bonds is 4. The van der Waals surface area contributed by atoms with Crippen LogP contribution in [0.1, 0.15) is 0 Å². The van der Waals surface area contributed by atoms with Crippen molar-refractivity contribution in [2.24, 2.45) is 0 Å². The average molecular weight is 669 g/mol. The number of fused-ring (bicyclic) bond motifs is 10. The van der Waals surface area contributed by atoms with Crippen LogP contribution in [0.2, 0.25) is 0 Å². The van der Waals surface area contributed by atoms with Gasteiger partial charge in [-0.2, -0.15) is 0 Å². The van der Waals surface area contributed by atoms with E-state index in [1.807, 2.05) is 17.5 Å². The lowest BCUT2D eigenvalue weighted by molar-refractivity contribution is 1.01. The van der Waals surface area contributed by atoms with Gasteiger partial charge in [-0.05, 0) is 53.1 Å². The van der Waals surface area contributed by atoms with E-state index in [9.17, 15) is 0 Å². The van der Waals surface area contributed by atoms with Crippen molar-refractivity contribution >= 4 is 75.3 Å². The minimum absolute atomic E-state index is 0.666. The highest BCUT2D eigenvalue weighted by Gasteiger charge is 2.23. The fourth-order valence-electron chi connectivity index (χ4n) is 7.92. The molecule has 0 unspecified atom stereocenters. The molecule has 0 saturated carbocycles. The van der Waals surface area contributed by atoms with Gasteiger partial charge in [-0.25, -0.2) is 9.97 Å². The normalized spacial score (nSPS) is 11.9. The van der Waals surface area contributed by atoms with Crippen LogP contribution >= 0.6 is 11.3 Å². The average Bonchev–Trinajstić information content (AvgIpc) is 3.85. The number of thiophene rings is 1. The number of nitrogens with zero attached hydrogens (tertiary/aromatic N) is 4. The zero-order valence-electron chi connectivity index (χ0n) is 27.4. The fraction of sp³-hybridized carbons (Fsp3) is 0. The zero-order chi connectivity index (χ0) is 33.5. The Labute approximate surface area is 297 Å². The first kappa shape index (κ1) is 28.3. The third-order valence-corrected chi connectivity index (χ3v) is 11.4. The Morgan fingerprint density at radius 1 is 0.490 bits per heavy atom. The summed E-state index contributed by atoms with van der Waals surface area (Å²) in [7, 11) is 0. The van der Waals surface area contributed by atoms with Crippen LogP contribution in [-0.2, 0) is 0 Å². The van der Waals surface area contributed by atoms with E-state index in [0.29, 0.717) is 5.95 Å². The van der Waals surface area contributed by atoms with E-state index in [0.717, 1.165) is 44.3 Å². The molecule has 4 aromatic heterocycles. The molecule has 11 rings (SSSR count). The van der Waals surface area contributed by atoms with Crippen molar-refractivity contribution in [1.29, 1.82) is 0 Å². The first-order chi connectivity index (χ1) is 25.3. The van der Waals surface area contributed by atoms with Crippen molar-refractivity contribution in [2.45, 2.75) is 0 Å². The van der Waals surface area contributed by atoms with E-state index < -0.39 is 0 Å². The van der Waals surface area contributed by atoms with Gasteiger partial charge in [0.2, 0.25) is 5.95 Å². The van der Waals surface area contributed by atoms with Crippen LogP contribution in [0.5, 0.6) is 0 Å². The molecule has 0 aliphatic rings. The second-order valence-electron chi connectivity index (χ2n) is 13.0. The second kappa shape index (κ2) is 11.0. The molecule has 0 radical (unpaired) electrons. The van der Waals surface area contributed by atoms with Crippen LogP contribution < -0.4 is 0 Å². The molecule has 0 fully saturated rings. The van der Waals surface area contributed by atoms with Gasteiger partial charge < -0.3 is 4.57 Å². The molecular weight excluding hydrogens is 641 g/mol. The Hall–Kier alpha value is -6.56. The summed E-state index contributed by atoms with van der Waals surface area (Å²) in [4.78, 5) is 11.8. The zero-order valence-corrected chi connectivity index (χ0v) is 28.2. The molecule has 0 saturated heterocycles. The fourth-order valence-corrected chi connectivity index (χ4v) is 9.31. The van der Waals surface area contributed by atoms with Gasteiger partial charge in [0.05, 0.1) is 26.8 Å². The summed E-state index contributed by atoms with van der Waals surface area (Å²) in [5.74, 6) is 0.666. The minimum Gasteiger partial charge on any atom is -0.301 e. The van der Waals surface area contributed by atoms with Gasteiger partial charge in [-0.3, -0.25) is 4.57 Å². The van der Waals surface area contributed by atoms with Crippen molar-refractivity contribution < 1.29 is 0 Å². The molecule has 0 bridgehead atoms. The number of hydrogen-bond donors (Lipinski definition) is 0. The van der Waals surface area contributed by atoms with Gasteiger partial charge in [-0.15, -0.1) is 11.3 Å². The molecule has 0 aliphatic heterocycles. The van der Waals surface area contributed by atoms with E-state index in [2.05, 4.69) is 173 Å². The summed E-state index contributed by atoms with van der Waals surface area (Å²) in [6.45, 7) is 0. The Kier molecular flexibility index (Phi) is 6.09. The van der Waals surface area contributed by atoms with Gasteiger partial charge >= 0.3 is 0 Å². The molecule has 0 amide bonds. The third kappa shape index (κ3) is 4.19. The molecule has 0 spiro atoms. The molecular formula is C46H28N4S. The quantitative estimate of drug-likeness (QED) is 0.187. The Balaban J connectivity index is 1.24. The highest BCUT2D eigenvalue weighted by atomic mass is 32.1. The van der Waals surface area contributed by atoms with Crippen LogP contribution in [0.3, 0.4) is 0 Å². The van der Waals surface area contributed by atoms with E-state index in [1.54, 1.807) is 0 Å². The number of hydrogen-bond acceptors (Lipinski definition) is 3. The molecule has 0 N–H and O–H groups in total. The molecule has 4 heterocycles. The highest BCUT2D eigenvalue weighted by molar-refractivity contribution is 7.26. The number of para-hydroxylation sites is 3. The van der Waals surface area contributed by atoms with Gasteiger partial charge in [0.25, 0.3) is 0 Å². The van der Waals surface area contributed by atoms with Crippen LogP contribution in [0, 0.1) is 0 Å². The lowest BCUT2D eigenvalue weighted by Crippen LogP contribution is -2.02. The third-order valence-electron chi connectivity index (χ3n) is 10.2. The summed E-state index contributed by atoms with van der Waals surface area (Å²) in [5.41, 5.74) is 10.1. The predicted molar refractivity (Wildman–Crippen MR) is 214 cm³/mol. The van der Waals surface area contributed by atoms with Crippen molar-refractivity contribution in [3.8, 4) is 33.9 Å². The maximum atomic E-state index is 5.44. The molecule has 51 heavy (non-hydrogen) atoms. The van der Waals surface area contributed by atoms with Crippen molar-refractivity contribution in [2.75, 3.05) is 0 Å². The molecule has 4 nitrogen and oxygen atoms in total. The first-order valence-corrected chi connectivity index (χ1v) is 18.0. The summed E-state index contributed by atoms with van der Waals surface area (Å²) >= 11 is 1.85. The smallest absolute Gasteiger partial charge is 0.235 e. The largest absolute Gasteiger partial charge is 0.301 e. The second-order valence-corrected chi connectivity index (χ2v) is 14.0. The number of aromatic nitrogens is 4. The number of benzene rings is 7. The van der Waals surface area contributed by atoms with Gasteiger partial charge in [0.1, 0.15) is 4.83 Å². The molecule has 5 heteroatoms. The van der Waals surface area contributed by atoms with Crippen LogP contribution in [0.4, 0.5) is 0 Å². The molecule has 0 aliphatic carbocycles. The van der Waals surface area contributed by atoms with E-state index in [4.69, 9.17) is 9.97 Å². The first-order valence-electron chi connectivity index (χ1n) is 17.2. The maximum absolute atomic E-state index is 5.44. The van der Waals surface area contributed by atoms with E-state index >= 15 is 0 Å². The monoisotopic (exact) mass is 668 g/mol. The summed E-state index contributed by atoms with van der Waals surface area (Å²) in [6, 6.07) is 58.3. The lowest BCUT2D eigenvalue weighted by Gasteiger charge is -2.13. The van der Waals surface area contributed by atoms with Crippen LogP contribution in [0.15, 0.2) is 170 Å². The standard InChI is InChI=1S/C46H28N4S/c1-4-14-29(15-5-1)31-26-32-28-47-46(48-42(32)38(27-31)30-16-6-2-7-17-30)50-39-22-12-10-20-34(39)35-24-25-37-41-36-21-11-13-23-40(36)49(33-18-8-3-9-19-33)45(41)51-44(37)43(35)50/h1-28H. The van der Waals surface area contributed by atoms with Gasteiger partial charge in [0, 0.05) is 49.8 Å². The van der Waals surface area contributed by atoms with Gasteiger partial charge in [-0.1, -0.05) is 127 Å². The highest BCUT2D eigenvalue weighted by Crippen LogP contribution is 2.47. The molecule has 11 aromatic rings. The molecule has 7 aromatic carbocycles. The Morgan fingerprint density at radius 2 is 1.12 bits per heavy atom. The topological polar surface area (TPSA) is 35.6 Å². The van der Waals surface area contributed by atoms with Crippen molar-refractivity contribution in [3.63, 3.8) is 0 Å². The van der Waals surface area contributed by atoms with Gasteiger partial charge in [0.15, 0.2) is 0 Å². The molecule has 238 valence electrons. The van der Waals surface area contributed by atoms with E-state index in [1.165, 1.54) is 47.5 Å². The van der Waals surface area contributed by atoms with E-state index in [-0.39, 0.29) is 0 Å².